The molecule has 2 fully saturated rings. The summed E-state index contributed by atoms with van der Waals surface area (Å²) in [6.07, 6.45) is 7.47. The highest BCUT2D eigenvalue weighted by Gasteiger charge is 2.41. The minimum atomic E-state index is 0.192. The minimum Gasteiger partial charge on any atom is -0.375 e. The van der Waals surface area contributed by atoms with E-state index < -0.39 is 0 Å². The third kappa shape index (κ3) is 2.28. The van der Waals surface area contributed by atoms with Crippen molar-refractivity contribution in [2.75, 3.05) is 6.61 Å². The van der Waals surface area contributed by atoms with Gasteiger partial charge in [-0.2, -0.15) is 0 Å². The molecule has 1 aromatic rings. The molecule has 1 aromatic heterocycles. The van der Waals surface area contributed by atoms with Crippen LogP contribution in [0, 0.1) is 5.92 Å². The van der Waals surface area contributed by atoms with Gasteiger partial charge >= 0.3 is 0 Å². The minimum absolute atomic E-state index is 0.192. The van der Waals surface area contributed by atoms with Gasteiger partial charge in [0, 0.05) is 17.5 Å². The molecule has 1 spiro atoms. The highest BCUT2D eigenvalue weighted by atomic mass is 32.1. The van der Waals surface area contributed by atoms with Crippen molar-refractivity contribution in [3.8, 4) is 0 Å². The SMILES string of the molecule is NC(c1cccs1)C1CCOC2(CCCC2)C1. The third-order valence-corrected chi connectivity index (χ3v) is 5.40. The predicted octanol–water partition coefficient (Wildman–Crippen LogP) is 3.49. The van der Waals surface area contributed by atoms with Crippen molar-refractivity contribution in [2.45, 2.75) is 50.2 Å². The van der Waals surface area contributed by atoms with Crippen molar-refractivity contribution in [3.63, 3.8) is 0 Å². The average molecular weight is 251 g/mol. The first-order valence-corrected chi connectivity index (χ1v) is 7.60. The summed E-state index contributed by atoms with van der Waals surface area (Å²) in [5, 5.41) is 2.12. The van der Waals surface area contributed by atoms with Crippen LogP contribution in [0.5, 0.6) is 0 Å². The molecule has 1 aliphatic carbocycles. The fourth-order valence-corrected chi connectivity index (χ4v) is 4.27. The van der Waals surface area contributed by atoms with Gasteiger partial charge in [0.15, 0.2) is 0 Å². The van der Waals surface area contributed by atoms with Gasteiger partial charge in [0.05, 0.1) is 5.60 Å². The van der Waals surface area contributed by atoms with E-state index in [1.807, 2.05) is 0 Å². The smallest absolute Gasteiger partial charge is 0.0686 e. The molecule has 0 aromatic carbocycles. The van der Waals surface area contributed by atoms with Gasteiger partial charge in [-0.25, -0.2) is 0 Å². The second-order valence-electron chi connectivity index (χ2n) is 5.53. The molecule has 1 saturated carbocycles. The Morgan fingerprint density at radius 2 is 2.24 bits per heavy atom. The first kappa shape index (κ1) is 11.7. The van der Waals surface area contributed by atoms with Crippen LogP contribution < -0.4 is 5.73 Å². The van der Waals surface area contributed by atoms with Gasteiger partial charge < -0.3 is 10.5 Å². The zero-order valence-corrected chi connectivity index (χ0v) is 11.0. The van der Waals surface area contributed by atoms with Crippen LogP contribution in [0.3, 0.4) is 0 Å². The average Bonchev–Trinajstić information content (AvgIpc) is 3.00. The fraction of sp³-hybridized carbons (Fsp3) is 0.714. The Kier molecular flexibility index (Phi) is 3.24. The van der Waals surface area contributed by atoms with Crippen LogP contribution in [0.4, 0.5) is 0 Å². The Morgan fingerprint density at radius 1 is 1.41 bits per heavy atom. The summed E-state index contributed by atoms with van der Waals surface area (Å²) < 4.78 is 6.07. The summed E-state index contributed by atoms with van der Waals surface area (Å²) in [4.78, 5) is 1.34. The van der Waals surface area contributed by atoms with E-state index in [-0.39, 0.29) is 11.6 Å². The fourth-order valence-electron chi connectivity index (χ4n) is 3.45. The van der Waals surface area contributed by atoms with E-state index in [1.165, 1.54) is 37.0 Å². The number of hydrogen-bond acceptors (Lipinski definition) is 3. The third-order valence-electron chi connectivity index (χ3n) is 4.43. The molecular weight excluding hydrogens is 230 g/mol. The molecule has 0 bridgehead atoms. The van der Waals surface area contributed by atoms with Crippen molar-refractivity contribution < 1.29 is 4.74 Å². The summed E-state index contributed by atoms with van der Waals surface area (Å²) in [5.41, 5.74) is 6.61. The van der Waals surface area contributed by atoms with Gasteiger partial charge in [-0.15, -0.1) is 11.3 Å². The summed E-state index contributed by atoms with van der Waals surface area (Å²) in [6, 6.07) is 4.49. The molecule has 17 heavy (non-hydrogen) atoms. The van der Waals surface area contributed by atoms with Crippen LogP contribution in [0.2, 0.25) is 0 Å². The van der Waals surface area contributed by atoms with Crippen LogP contribution in [0.25, 0.3) is 0 Å². The summed E-state index contributed by atoms with van der Waals surface area (Å²) in [6.45, 7) is 0.906. The Morgan fingerprint density at radius 3 is 2.94 bits per heavy atom. The van der Waals surface area contributed by atoms with Crippen molar-refractivity contribution in [3.05, 3.63) is 22.4 Å². The highest BCUT2D eigenvalue weighted by Crippen LogP contribution is 2.45. The van der Waals surface area contributed by atoms with Crippen molar-refractivity contribution in [1.82, 2.24) is 0 Å². The molecule has 2 aliphatic rings. The maximum Gasteiger partial charge on any atom is 0.0686 e. The Balaban J connectivity index is 1.71. The van der Waals surface area contributed by atoms with Crippen LogP contribution in [-0.2, 0) is 4.74 Å². The second-order valence-corrected chi connectivity index (χ2v) is 6.51. The lowest BCUT2D eigenvalue weighted by atomic mass is 9.80. The first-order valence-electron chi connectivity index (χ1n) is 6.72. The maximum absolute atomic E-state index is 6.42. The quantitative estimate of drug-likeness (QED) is 0.873. The topological polar surface area (TPSA) is 35.2 Å². The molecule has 1 saturated heterocycles. The molecule has 2 nitrogen and oxygen atoms in total. The molecule has 2 atom stereocenters. The number of thiophene rings is 1. The molecule has 3 heteroatoms. The zero-order valence-electron chi connectivity index (χ0n) is 10.2. The van der Waals surface area contributed by atoms with Gasteiger partial charge in [-0.05, 0) is 43.0 Å². The molecule has 94 valence electrons. The first-order chi connectivity index (χ1) is 8.29. The largest absolute Gasteiger partial charge is 0.375 e. The molecule has 1 aliphatic heterocycles. The lowest BCUT2D eigenvalue weighted by molar-refractivity contribution is -0.0962. The van der Waals surface area contributed by atoms with E-state index in [2.05, 4.69) is 17.5 Å². The zero-order chi connectivity index (χ0) is 11.7. The predicted molar refractivity (Wildman–Crippen MR) is 71.1 cm³/mol. The van der Waals surface area contributed by atoms with Crippen LogP contribution in [-0.4, -0.2) is 12.2 Å². The van der Waals surface area contributed by atoms with E-state index in [4.69, 9.17) is 10.5 Å². The van der Waals surface area contributed by atoms with Gasteiger partial charge in [-0.1, -0.05) is 18.9 Å². The number of ether oxygens (including phenoxy) is 1. The van der Waals surface area contributed by atoms with Gasteiger partial charge in [0.25, 0.3) is 0 Å². The Hall–Kier alpha value is -0.380. The molecule has 2 N–H and O–H groups in total. The van der Waals surface area contributed by atoms with Gasteiger partial charge in [0.2, 0.25) is 0 Å². The van der Waals surface area contributed by atoms with E-state index in [0.29, 0.717) is 5.92 Å². The van der Waals surface area contributed by atoms with Crippen LogP contribution >= 0.6 is 11.3 Å². The lowest BCUT2D eigenvalue weighted by Gasteiger charge is -2.40. The summed E-state index contributed by atoms with van der Waals surface area (Å²) in [7, 11) is 0. The van der Waals surface area contributed by atoms with Gasteiger partial charge in [0.1, 0.15) is 0 Å². The Bertz CT molecular complexity index is 356. The second kappa shape index (κ2) is 4.71. The van der Waals surface area contributed by atoms with Crippen LogP contribution in [0.1, 0.15) is 49.4 Å². The normalized spacial score (nSPS) is 29.6. The highest BCUT2D eigenvalue weighted by molar-refractivity contribution is 7.10. The van der Waals surface area contributed by atoms with Crippen molar-refractivity contribution in [1.29, 1.82) is 0 Å². The summed E-state index contributed by atoms with van der Waals surface area (Å²) in [5.74, 6) is 0.612. The van der Waals surface area contributed by atoms with Crippen LogP contribution in [0.15, 0.2) is 17.5 Å². The Labute approximate surface area is 107 Å². The molecular formula is C14H21NOS. The standard InChI is InChI=1S/C14H21NOS/c15-13(12-4-3-9-17-12)11-5-8-16-14(10-11)6-1-2-7-14/h3-4,9,11,13H,1-2,5-8,10,15H2. The van der Waals surface area contributed by atoms with Gasteiger partial charge in [-0.3, -0.25) is 0 Å². The molecule has 0 radical (unpaired) electrons. The van der Waals surface area contributed by atoms with E-state index >= 15 is 0 Å². The number of nitrogens with two attached hydrogens (primary N) is 1. The van der Waals surface area contributed by atoms with E-state index in [1.54, 1.807) is 11.3 Å². The van der Waals surface area contributed by atoms with E-state index in [0.717, 1.165) is 13.0 Å². The number of rotatable bonds is 2. The molecule has 3 rings (SSSR count). The van der Waals surface area contributed by atoms with Crippen molar-refractivity contribution >= 4 is 11.3 Å². The van der Waals surface area contributed by atoms with E-state index in [9.17, 15) is 0 Å². The van der Waals surface area contributed by atoms with Crippen molar-refractivity contribution in [2.24, 2.45) is 11.7 Å². The lowest BCUT2D eigenvalue weighted by Crippen LogP contribution is -2.40. The molecule has 0 amide bonds. The number of hydrogen-bond donors (Lipinski definition) is 1. The summed E-state index contributed by atoms with van der Waals surface area (Å²) >= 11 is 1.79. The molecule has 2 unspecified atom stereocenters. The monoisotopic (exact) mass is 251 g/mol. The maximum atomic E-state index is 6.42. The molecule has 2 heterocycles.